The Morgan fingerprint density at radius 1 is 1.25 bits per heavy atom. The average molecular weight is 286 g/mol. The Hall–Kier alpha value is -0.980. The summed E-state index contributed by atoms with van der Waals surface area (Å²) >= 11 is 1.95. The summed E-state index contributed by atoms with van der Waals surface area (Å²) < 4.78 is 0. The molecule has 2 unspecified atom stereocenters. The van der Waals surface area contributed by atoms with Crippen molar-refractivity contribution in [2.75, 3.05) is 0 Å². The second-order valence-corrected chi connectivity index (χ2v) is 7.64. The smallest absolute Gasteiger partial charge is 0.108 e. The fraction of sp³-hybridized carbons (Fsp3) is 0.588. The van der Waals surface area contributed by atoms with Gasteiger partial charge >= 0.3 is 0 Å². The van der Waals surface area contributed by atoms with Gasteiger partial charge in [-0.3, -0.25) is 5.32 Å². The summed E-state index contributed by atoms with van der Waals surface area (Å²) in [5, 5.41) is 13.8. The minimum absolute atomic E-state index is 0.262. The summed E-state index contributed by atoms with van der Waals surface area (Å²) in [6.07, 6.45) is 6.90. The number of thioether (sulfide) groups is 1. The lowest BCUT2D eigenvalue weighted by atomic mass is 9.82. The molecule has 2 atom stereocenters. The molecule has 2 aliphatic rings. The molecule has 2 aliphatic carbocycles. The van der Waals surface area contributed by atoms with Gasteiger partial charge in [0.25, 0.3) is 0 Å². The molecule has 0 aliphatic heterocycles. The molecule has 0 aromatic heterocycles. The largest absolute Gasteiger partial charge is 0.297 e. The molecular weight excluding hydrogens is 264 g/mol. The van der Waals surface area contributed by atoms with E-state index in [0.717, 1.165) is 19.3 Å². The van der Waals surface area contributed by atoms with E-state index in [1.807, 2.05) is 11.8 Å². The van der Waals surface area contributed by atoms with E-state index in [-0.39, 0.29) is 5.54 Å². The van der Waals surface area contributed by atoms with E-state index in [2.05, 4.69) is 42.6 Å². The minimum atomic E-state index is -0.262. The fourth-order valence-electron chi connectivity index (χ4n) is 3.02. The molecule has 106 valence electrons. The highest BCUT2D eigenvalue weighted by molar-refractivity contribution is 8.00. The van der Waals surface area contributed by atoms with E-state index in [1.165, 1.54) is 29.7 Å². The molecule has 1 aromatic carbocycles. The molecule has 3 rings (SSSR count). The number of benzene rings is 1. The van der Waals surface area contributed by atoms with Crippen molar-refractivity contribution in [2.45, 2.75) is 67.2 Å². The highest BCUT2D eigenvalue weighted by Gasteiger charge is 2.40. The Labute approximate surface area is 125 Å². The van der Waals surface area contributed by atoms with Crippen molar-refractivity contribution in [1.82, 2.24) is 5.32 Å². The van der Waals surface area contributed by atoms with E-state index in [9.17, 15) is 5.26 Å². The lowest BCUT2D eigenvalue weighted by Gasteiger charge is -2.36. The minimum Gasteiger partial charge on any atom is -0.297 e. The first-order valence-electron chi connectivity index (χ1n) is 7.61. The van der Waals surface area contributed by atoms with E-state index in [0.29, 0.717) is 11.3 Å². The van der Waals surface area contributed by atoms with E-state index in [1.54, 1.807) is 0 Å². The van der Waals surface area contributed by atoms with Crippen LogP contribution in [0.3, 0.4) is 0 Å². The fourth-order valence-corrected chi connectivity index (χ4v) is 4.35. The monoisotopic (exact) mass is 286 g/mol. The third-order valence-corrected chi connectivity index (χ3v) is 5.58. The van der Waals surface area contributed by atoms with Crippen LogP contribution in [0, 0.1) is 18.3 Å². The van der Waals surface area contributed by atoms with Gasteiger partial charge in [0.15, 0.2) is 0 Å². The zero-order valence-corrected chi connectivity index (χ0v) is 12.9. The molecule has 1 N–H and O–H groups in total. The summed E-state index contributed by atoms with van der Waals surface area (Å²) in [4.78, 5) is 1.33. The first-order valence-corrected chi connectivity index (χ1v) is 8.49. The van der Waals surface area contributed by atoms with Gasteiger partial charge in [-0.25, -0.2) is 0 Å². The molecule has 0 saturated heterocycles. The third kappa shape index (κ3) is 3.37. The average Bonchev–Trinajstić information content (AvgIpc) is 3.26. The van der Waals surface area contributed by atoms with Crippen LogP contribution in [0.25, 0.3) is 0 Å². The number of rotatable bonds is 4. The van der Waals surface area contributed by atoms with Crippen LogP contribution in [0.2, 0.25) is 0 Å². The molecule has 20 heavy (non-hydrogen) atoms. The summed E-state index contributed by atoms with van der Waals surface area (Å²) in [5.74, 6) is 0. The zero-order valence-electron chi connectivity index (χ0n) is 12.1. The maximum Gasteiger partial charge on any atom is 0.108 e. The van der Waals surface area contributed by atoms with Crippen LogP contribution in [0.4, 0.5) is 0 Å². The molecule has 3 heteroatoms. The van der Waals surface area contributed by atoms with Gasteiger partial charge in [-0.15, -0.1) is 11.8 Å². The summed E-state index contributed by atoms with van der Waals surface area (Å²) in [6, 6.07) is 12.0. The normalized spacial score (nSPS) is 29.9. The number of nitrogens with one attached hydrogen (secondary N) is 1. The van der Waals surface area contributed by atoms with Gasteiger partial charge in [-0.2, -0.15) is 5.26 Å². The van der Waals surface area contributed by atoms with E-state index in [4.69, 9.17) is 0 Å². The molecule has 1 aromatic rings. The molecule has 2 fully saturated rings. The second-order valence-electron chi connectivity index (χ2n) is 6.26. The highest BCUT2D eigenvalue weighted by Crippen LogP contribution is 2.39. The van der Waals surface area contributed by atoms with Gasteiger partial charge in [0.1, 0.15) is 5.54 Å². The van der Waals surface area contributed by atoms with Crippen molar-refractivity contribution in [3.63, 3.8) is 0 Å². The van der Waals surface area contributed by atoms with Gasteiger partial charge < -0.3 is 0 Å². The maximum absolute atomic E-state index is 9.62. The van der Waals surface area contributed by atoms with Crippen LogP contribution in [0.1, 0.15) is 44.1 Å². The first kappa shape index (κ1) is 14.0. The van der Waals surface area contributed by atoms with Crippen molar-refractivity contribution in [3.05, 3.63) is 29.8 Å². The van der Waals surface area contributed by atoms with Crippen LogP contribution >= 0.6 is 11.8 Å². The van der Waals surface area contributed by atoms with Crippen LogP contribution in [0.5, 0.6) is 0 Å². The Kier molecular flexibility index (Phi) is 4.05. The Morgan fingerprint density at radius 3 is 2.65 bits per heavy atom. The van der Waals surface area contributed by atoms with Gasteiger partial charge in [0, 0.05) is 16.2 Å². The number of aryl methyl sites for hydroxylation is 1. The molecule has 0 radical (unpaired) electrons. The van der Waals surface area contributed by atoms with Gasteiger partial charge in [-0.05, 0) is 57.6 Å². The number of nitrogens with zero attached hydrogens (tertiary/aromatic N) is 1. The van der Waals surface area contributed by atoms with Crippen LogP contribution in [-0.2, 0) is 0 Å². The molecular formula is C17H22N2S. The number of hydrogen-bond donors (Lipinski definition) is 1. The second kappa shape index (κ2) is 5.79. The van der Waals surface area contributed by atoms with Gasteiger partial charge in [-0.1, -0.05) is 17.7 Å². The Balaban J connectivity index is 1.64. The summed E-state index contributed by atoms with van der Waals surface area (Å²) in [5.41, 5.74) is 1.04. The lowest BCUT2D eigenvalue weighted by Crippen LogP contribution is -2.49. The van der Waals surface area contributed by atoms with Crippen LogP contribution in [0.15, 0.2) is 29.2 Å². The predicted octanol–water partition coefficient (Wildman–Crippen LogP) is 4.04. The molecule has 0 spiro atoms. The van der Waals surface area contributed by atoms with Crippen molar-refractivity contribution in [1.29, 1.82) is 5.26 Å². The lowest BCUT2D eigenvalue weighted by molar-refractivity contribution is 0.301. The SMILES string of the molecule is Cc1ccc(SC2CCCC(C#N)(NC3CC3)C2)cc1. The third-order valence-electron chi connectivity index (χ3n) is 4.30. The quantitative estimate of drug-likeness (QED) is 0.907. The Bertz CT molecular complexity index is 501. The van der Waals surface area contributed by atoms with Crippen LogP contribution < -0.4 is 5.32 Å². The van der Waals surface area contributed by atoms with E-state index < -0.39 is 0 Å². The van der Waals surface area contributed by atoms with Crippen molar-refractivity contribution in [3.8, 4) is 6.07 Å². The molecule has 0 bridgehead atoms. The summed E-state index contributed by atoms with van der Waals surface area (Å²) in [7, 11) is 0. The number of nitriles is 1. The van der Waals surface area contributed by atoms with Crippen molar-refractivity contribution >= 4 is 11.8 Å². The zero-order chi connectivity index (χ0) is 14.0. The number of hydrogen-bond acceptors (Lipinski definition) is 3. The topological polar surface area (TPSA) is 35.8 Å². The van der Waals surface area contributed by atoms with Gasteiger partial charge in [0.2, 0.25) is 0 Å². The van der Waals surface area contributed by atoms with Crippen LogP contribution in [-0.4, -0.2) is 16.8 Å². The molecule has 2 nitrogen and oxygen atoms in total. The van der Waals surface area contributed by atoms with Crippen molar-refractivity contribution in [2.24, 2.45) is 0 Å². The van der Waals surface area contributed by atoms with Gasteiger partial charge in [0.05, 0.1) is 6.07 Å². The maximum atomic E-state index is 9.62. The predicted molar refractivity (Wildman–Crippen MR) is 83.8 cm³/mol. The Morgan fingerprint density at radius 2 is 2.00 bits per heavy atom. The molecule has 2 saturated carbocycles. The summed E-state index contributed by atoms with van der Waals surface area (Å²) in [6.45, 7) is 2.12. The molecule has 0 heterocycles. The van der Waals surface area contributed by atoms with E-state index >= 15 is 0 Å². The highest BCUT2D eigenvalue weighted by atomic mass is 32.2. The molecule has 0 amide bonds. The standard InChI is InChI=1S/C17H22N2S/c1-13-4-8-15(9-5-13)20-16-3-2-10-17(11-16,12-18)19-14-6-7-14/h4-5,8-9,14,16,19H,2-3,6-7,10-11H2,1H3. The first-order chi connectivity index (χ1) is 9.69. The van der Waals surface area contributed by atoms with Crippen molar-refractivity contribution < 1.29 is 0 Å².